The van der Waals surface area contributed by atoms with Crippen molar-refractivity contribution >= 4 is 44.8 Å². The first kappa shape index (κ1) is 11.0. The second-order valence-corrected chi connectivity index (χ2v) is 5.49. The highest BCUT2D eigenvalue weighted by molar-refractivity contribution is 7.21. The molecule has 2 aromatic carbocycles. The number of hydrogen-bond acceptors (Lipinski definition) is 2. The molecule has 0 aliphatic carbocycles. The maximum Gasteiger partial charge on any atom is 0.126 e. The number of halogens is 2. The van der Waals surface area contributed by atoms with Crippen LogP contribution in [0.2, 0.25) is 10.0 Å². The molecule has 0 unspecified atom stereocenters. The Labute approximate surface area is 113 Å². The van der Waals surface area contributed by atoms with Gasteiger partial charge in [0.15, 0.2) is 0 Å². The van der Waals surface area contributed by atoms with Crippen molar-refractivity contribution < 1.29 is 0 Å². The van der Waals surface area contributed by atoms with E-state index >= 15 is 0 Å². The quantitative estimate of drug-likeness (QED) is 0.591. The third-order valence-corrected chi connectivity index (χ3v) is 4.09. The Hall–Kier alpha value is -1.09. The predicted molar refractivity (Wildman–Crippen MR) is 75.1 cm³/mol. The predicted octanol–water partition coefficient (Wildman–Crippen LogP) is 5.27. The highest BCUT2D eigenvalue weighted by Crippen LogP contribution is 2.34. The largest absolute Gasteiger partial charge is 0.236 e. The van der Waals surface area contributed by atoms with Crippen LogP contribution in [0.15, 0.2) is 42.5 Å². The summed E-state index contributed by atoms with van der Waals surface area (Å²) in [6, 6.07) is 13.4. The fourth-order valence-electron chi connectivity index (χ4n) is 1.65. The minimum atomic E-state index is 0.702. The Morgan fingerprint density at radius 2 is 1.82 bits per heavy atom. The summed E-state index contributed by atoms with van der Waals surface area (Å²) in [6.45, 7) is 0. The lowest BCUT2D eigenvalue weighted by Gasteiger charge is -1.97. The van der Waals surface area contributed by atoms with Crippen molar-refractivity contribution in [3.8, 4) is 10.6 Å². The van der Waals surface area contributed by atoms with E-state index in [9.17, 15) is 0 Å². The summed E-state index contributed by atoms with van der Waals surface area (Å²) < 4.78 is 1.12. The molecule has 1 aromatic heterocycles. The molecule has 0 aliphatic rings. The number of rotatable bonds is 1. The van der Waals surface area contributed by atoms with E-state index in [1.165, 1.54) is 0 Å². The summed E-state index contributed by atoms with van der Waals surface area (Å²) in [7, 11) is 0. The standard InChI is InChI=1S/C13H7Cl2NS/c14-8-5-6-12-11(7-8)16-13(17-12)9-3-1-2-4-10(9)15/h1-7H. The third kappa shape index (κ3) is 2.04. The van der Waals surface area contributed by atoms with Crippen molar-refractivity contribution in [2.24, 2.45) is 0 Å². The molecule has 4 heteroatoms. The van der Waals surface area contributed by atoms with Crippen LogP contribution in [0.1, 0.15) is 0 Å². The van der Waals surface area contributed by atoms with Gasteiger partial charge in [0.2, 0.25) is 0 Å². The average Bonchev–Trinajstić information content (AvgIpc) is 2.72. The van der Waals surface area contributed by atoms with Crippen molar-refractivity contribution in [1.82, 2.24) is 4.98 Å². The molecule has 0 aliphatic heterocycles. The number of aromatic nitrogens is 1. The molecule has 0 amide bonds. The van der Waals surface area contributed by atoms with E-state index in [0.29, 0.717) is 5.02 Å². The molecular formula is C13H7Cl2NS. The van der Waals surface area contributed by atoms with Gasteiger partial charge in [0, 0.05) is 10.6 Å². The minimum absolute atomic E-state index is 0.702. The molecule has 0 bridgehead atoms. The van der Waals surface area contributed by atoms with Gasteiger partial charge in [0.25, 0.3) is 0 Å². The molecule has 17 heavy (non-hydrogen) atoms. The maximum absolute atomic E-state index is 6.16. The molecule has 1 nitrogen and oxygen atoms in total. The first-order valence-electron chi connectivity index (χ1n) is 5.05. The first-order valence-corrected chi connectivity index (χ1v) is 6.62. The monoisotopic (exact) mass is 279 g/mol. The zero-order valence-corrected chi connectivity index (χ0v) is 11.0. The Morgan fingerprint density at radius 3 is 2.65 bits per heavy atom. The average molecular weight is 280 g/mol. The van der Waals surface area contributed by atoms with Crippen LogP contribution in [-0.4, -0.2) is 4.98 Å². The van der Waals surface area contributed by atoms with Gasteiger partial charge in [-0.1, -0.05) is 41.4 Å². The Morgan fingerprint density at radius 1 is 1.00 bits per heavy atom. The summed E-state index contributed by atoms with van der Waals surface area (Å²) in [5.41, 5.74) is 1.88. The second kappa shape index (κ2) is 4.30. The van der Waals surface area contributed by atoms with Crippen molar-refractivity contribution in [3.05, 3.63) is 52.5 Å². The normalized spacial score (nSPS) is 10.9. The third-order valence-electron chi connectivity index (χ3n) is 2.45. The number of hydrogen-bond donors (Lipinski definition) is 0. The zero-order chi connectivity index (χ0) is 11.8. The van der Waals surface area contributed by atoms with Crippen LogP contribution in [0.25, 0.3) is 20.8 Å². The maximum atomic E-state index is 6.16. The van der Waals surface area contributed by atoms with Crippen LogP contribution in [0.4, 0.5) is 0 Å². The van der Waals surface area contributed by atoms with Crippen LogP contribution in [0.3, 0.4) is 0 Å². The van der Waals surface area contributed by atoms with Crippen LogP contribution >= 0.6 is 34.5 Å². The number of thiazole rings is 1. The van der Waals surface area contributed by atoms with Gasteiger partial charge in [0.05, 0.1) is 15.2 Å². The number of fused-ring (bicyclic) bond motifs is 1. The van der Waals surface area contributed by atoms with E-state index in [1.807, 2.05) is 42.5 Å². The van der Waals surface area contributed by atoms with Gasteiger partial charge in [-0.25, -0.2) is 4.98 Å². The first-order chi connectivity index (χ1) is 8.24. The van der Waals surface area contributed by atoms with Gasteiger partial charge >= 0.3 is 0 Å². The number of nitrogens with zero attached hydrogens (tertiary/aromatic N) is 1. The zero-order valence-electron chi connectivity index (χ0n) is 8.65. The fourth-order valence-corrected chi connectivity index (χ4v) is 3.08. The summed E-state index contributed by atoms with van der Waals surface area (Å²) in [6.07, 6.45) is 0. The smallest absolute Gasteiger partial charge is 0.126 e. The molecule has 0 N–H and O–H groups in total. The van der Waals surface area contributed by atoms with Gasteiger partial charge in [-0.15, -0.1) is 11.3 Å². The molecular weight excluding hydrogens is 273 g/mol. The van der Waals surface area contributed by atoms with Crippen LogP contribution < -0.4 is 0 Å². The summed E-state index contributed by atoms with van der Waals surface area (Å²) in [5, 5.41) is 2.35. The lowest BCUT2D eigenvalue weighted by Crippen LogP contribution is -1.76. The fraction of sp³-hybridized carbons (Fsp3) is 0. The van der Waals surface area contributed by atoms with Gasteiger partial charge < -0.3 is 0 Å². The molecule has 0 atom stereocenters. The van der Waals surface area contributed by atoms with Crippen molar-refractivity contribution in [2.75, 3.05) is 0 Å². The molecule has 84 valence electrons. The Bertz CT molecular complexity index is 691. The molecule has 1 heterocycles. The van der Waals surface area contributed by atoms with E-state index < -0.39 is 0 Å². The summed E-state index contributed by atoms with van der Waals surface area (Å²) in [5.74, 6) is 0. The topological polar surface area (TPSA) is 12.9 Å². The lowest BCUT2D eigenvalue weighted by atomic mass is 10.2. The van der Waals surface area contributed by atoms with Gasteiger partial charge in [0.1, 0.15) is 5.01 Å². The molecule has 3 aromatic rings. The molecule has 0 saturated carbocycles. The van der Waals surface area contributed by atoms with Crippen molar-refractivity contribution in [2.45, 2.75) is 0 Å². The minimum Gasteiger partial charge on any atom is -0.236 e. The summed E-state index contributed by atoms with van der Waals surface area (Å²) >= 11 is 13.7. The van der Waals surface area contributed by atoms with E-state index in [1.54, 1.807) is 11.3 Å². The second-order valence-electron chi connectivity index (χ2n) is 3.61. The van der Waals surface area contributed by atoms with Crippen molar-refractivity contribution in [1.29, 1.82) is 0 Å². The van der Waals surface area contributed by atoms with Gasteiger partial charge in [-0.3, -0.25) is 0 Å². The van der Waals surface area contributed by atoms with Gasteiger partial charge in [-0.05, 0) is 24.3 Å². The van der Waals surface area contributed by atoms with Crippen LogP contribution in [-0.2, 0) is 0 Å². The highest BCUT2D eigenvalue weighted by atomic mass is 35.5. The van der Waals surface area contributed by atoms with E-state index in [4.69, 9.17) is 23.2 Å². The lowest BCUT2D eigenvalue weighted by molar-refractivity contribution is 1.48. The highest BCUT2D eigenvalue weighted by Gasteiger charge is 2.09. The van der Waals surface area contributed by atoms with E-state index in [2.05, 4.69) is 4.98 Å². The van der Waals surface area contributed by atoms with Gasteiger partial charge in [-0.2, -0.15) is 0 Å². The molecule has 0 radical (unpaired) electrons. The molecule has 0 spiro atoms. The van der Waals surface area contributed by atoms with Crippen LogP contribution in [0, 0.1) is 0 Å². The van der Waals surface area contributed by atoms with E-state index in [0.717, 1.165) is 25.8 Å². The van der Waals surface area contributed by atoms with Crippen LogP contribution in [0.5, 0.6) is 0 Å². The Balaban J connectivity index is 2.22. The molecule has 0 saturated heterocycles. The van der Waals surface area contributed by atoms with Crippen molar-refractivity contribution in [3.63, 3.8) is 0 Å². The Kier molecular flexibility index (Phi) is 2.79. The SMILES string of the molecule is Clc1ccc2sc(-c3ccccc3Cl)nc2c1. The summed E-state index contributed by atoms with van der Waals surface area (Å²) in [4.78, 5) is 4.55. The molecule has 0 fully saturated rings. The van der Waals surface area contributed by atoms with E-state index in [-0.39, 0.29) is 0 Å². The molecule has 3 rings (SSSR count). The number of benzene rings is 2.